The fraction of sp³-hybridized carbons (Fsp3) is 0.429. The Morgan fingerprint density at radius 1 is 1.07 bits per heavy atom. The fourth-order valence-corrected chi connectivity index (χ4v) is 3.79. The van der Waals surface area contributed by atoms with E-state index >= 15 is 0 Å². The van der Waals surface area contributed by atoms with Crippen LogP contribution in [0.3, 0.4) is 0 Å². The van der Waals surface area contributed by atoms with Crippen molar-refractivity contribution in [2.45, 2.75) is 26.9 Å². The number of benzene rings is 1. The molecule has 6 heteroatoms. The van der Waals surface area contributed by atoms with Crippen molar-refractivity contribution < 1.29 is 4.74 Å². The molecule has 1 aliphatic heterocycles. The van der Waals surface area contributed by atoms with E-state index in [1.807, 2.05) is 17.0 Å². The Morgan fingerprint density at radius 2 is 1.81 bits per heavy atom. The quantitative estimate of drug-likeness (QED) is 0.755. The Balaban J connectivity index is 1.64. The Hall–Kier alpha value is -2.44. The van der Waals surface area contributed by atoms with Crippen LogP contribution in [0.4, 0.5) is 0 Å². The third-order valence-electron chi connectivity index (χ3n) is 5.59. The van der Waals surface area contributed by atoms with Crippen LogP contribution in [-0.4, -0.2) is 51.9 Å². The molecule has 27 heavy (non-hydrogen) atoms. The molecule has 142 valence electrons. The highest BCUT2D eigenvalue weighted by atomic mass is 16.5. The first-order chi connectivity index (χ1) is 13.1. The molecule has 3 heterocycles. The first-order valence-electron chi connectivity index (χ1n) is 9.58. The minimum atomic E-state index is 0.556. The summed E-state index contributed by atoms with van der Waals surface area (Å²) in [6.45, 7) is 10.3. The standard InChI is InChI=1S/C21H27N5O/c1-16-17(2)26(14-18-6-4-3-5-7-18)21-19(16)20(22)25(15-23-21)9-8-24-10-12-27-13-11-24/h3-7,15,22H,8-14H2,1-2H3. The largest absolute Gasteiger partial charge is 0.379 e. The van der Waals surface area contributed by atoms with Gasteiger partial charge in [0.15, 0.2) is 0 Å². The summed E-state index contributed by atoms with van der Waals surface area (Å²) in [6, 6.07) is 10.4. The topological polar surface area (TPSA) is 59.1 Å². The van der Waals surface area contributed by atoms with Crippen molar-refractivity contribution >= 4 is 11.0 Å². The molecular weight excluding hydrogens is 338 g/mol. The lowest BCUT2D eigenvalue weighted by atomic mass is 10.2. The highest BCUT2D eigenvalue weighted by molar-refractivity contribution is 5.80. The Kier molecular flexibility index (Phi) is 5.09. The van der Waals surface area contributed by atoms with Crippen LogP contribution in [0.5, 0.6) is 0 Å². The molecule has 0 bridgehead atoms. The normalized spacial score (nSPS) is 15.5. The minimum Gasteiger partial charge on any atom is -0.379 e. The summed E-state index contributed by atoms with van der Waals surface area (Å²) in [7, 11) is 0. The van der Waals surface area contributed by atoms with Gasteiger partial charge in [-0.3, -0.25) is 10.3 Å². The van der Waals surface area contributed by atoms with Gasteiger partial charge in [0.05, 0.1) is 24.9 Å². The zero-order chi connectivity index (χ0) is 18.8. The van der Waals surface area contributed by atoms with E-state index in [1.165, 1.54) is 11.3 Å². The lowest BCUT2D eigenvalue weighted by molar-refractivity contribution is 0.0362. The third-order valence-corrected chi connectivity index (χ3v) is 5.59. The molecule has 2 aromatic heterocycles. The van der Waals surface area contributed by atoms with Gasteiger partial charge >= 0.3 is 0 Å². The average Bonchev–Trinajstić information content (AvgIpc) is 2.94. The Labute approximate surface area is 159 Å². The summed E-state index contributed by atoms with van der Waals surface area (Å²) >= 11 is 0. The molecule has 1 aromatic carbocycles. The highest BCUT2D eigenvalue weighted by Gasteiger charge is 2.16. The predicted molar refractivity (Wildman–Crippen MR) is 106 cm³/mol. The minimum absolute atomic E-state index is 0.556. The van der Waals surface area contributed by atoms with E-state index in [2.05, 4.69) is 47.6 Å². The predicted octanol–water partition coefficient (Wildman–Crippen LogP) is 2.31. The molecule has 1 saturated heterocycles. The van der Waals surface area contributed by atoms with Crippen molar-refractivity contribution in [1.82, 2.24) is 19.0 Å². The molecule has 4 rings (SSSR count). The number of hydrogen-bond donors (Lipinski definition) is 1. The number of morpholine rings is 1. The molecule has 1 aliphatic rings. The Morgan fingerprint density at radius 3 is 2.56 bits per heavy atom. The summed E-state index contributed by atoms with van der Waals surface area (Å²) in [4.78, 5) is 7.13. The molecule has 0 atom stereocenters. The van der Waals surface area contributed by atoms with Gasteiger partial charge in [0.1, 0.15) is 11.1 Å². The van der Waals surface area contributed by atoms with Gasteiger partial charge in [-0.2, -0.15) is 0 Å². The highest BCUT2D eigenvalue weighted by Crippen LogP contribution is 2.21. The van der Waals surface area contributed by atoms with Crippen LogP contribution in [0.25, 0.3) is 11.0 Å². The number of aromatic nitrogens is 3. The fourth-order valence-electron chi connectivity index (χ4n) is 3.79. The first-order valence-corrected chi connectivity index (χ1v) is 9.58. The molecule has 0 unspecified atom stereocenters. The molecule has 6 nitrogen and oxygen atoms in total. The van der Waals surface area contributed by atoms with Crippen molar-refractivity contribution in [1.29, 1.82) is 5.41 Å². The lowest BCUT2D eigenvalue weighted by Gasteiger charge is -2.26. The summed E-state index contributed by atoms with van der Waals surface area (Å²) < 4.78 is 9.61. The number of hydrogen-bond acceptors (Lipinski definition) is 4. The van der Waals surface area contributed by atoms with Crippen LogP contribution in [0.2, 0.25) is 0 Å². The van der Waals surface area contributed by atoms with Gasteiger partial charge in [-0.1, -0.05) is 30.3 Å². The number of fused-ring (bicyclic) bond motifs is 1. The van der Waals surface area contributed by atoms with Crippen LogP contribution < -0.4 is 5.49 Å². The van der Waals surface area contributed by atoms with Crippen molar-refractivity contribution in [3.63, 3.8) is 0 Å². The van der Waals surface area contributed by atoms with Gasteiger partial charge in [0, 0.05) is 38.4 Å². The zero-order valence-corrected chi connectivity index (χ0v) is 16.1. The average molecular weight is 365 g/mol. The molecule has 1 fully saturated rings. The Bertz CT molecular complexity index is 983. The molecule has 0 saturated carbocycles. The van der Waals surface area contributed by atoms with E-state index < -0.39 is 0 Å². The summed E-state index contributed by atoms with van der Waals surface area (Å²) in [6.07, 6.45) is 1.82. The van der Waals surface area contributed by atoms with Crippen LogP contribution >= 0.6 is 0 Å². The third kappa shape index (κ3) is 3.55. The van der Waals surface area contributed by atoms with Gasteiger partial charge in [-0.15, -0.1) is 0 Å². The van der Waals surface area contributed by atoms with Gasteiger partial charge in [-0.05, 0) is 25.0 Å². The van der Waals surface area contributed by atoms with Crippen molar-refractivity contribution in [2.24, 2.45) is 0 Å². The SMILES string of the molecule is Cc1c(C)n(Cc2ccccc2)c2ncn(CCN3CCOCC3)c(=N)c12. The number of ether oxygens (including phenoxy) is 1. The summed E-state index contributed by atoms with van der Waals surface area (Å²) in [5.41, 5.74) is 5.04. The number of aryl methyl sites for hydroxylation is 1. The van der Waals surface area contributed by atoms with E-state index in [-0.39, 0.29) is 0 Å². The van der Waals surface area contributed by atoms with E-state index in [4.69, 9.17) is 15.1 Å². The maximum atomic E-state index is 8.75. The second kappa shape index (κ2) is 7.66. The number of nitrogens with zero attached hydrogens (tertiary/aromatic N) is 4. The second-order valence-corrected chi connectivity index (χ2v) is 7.22. The molecule has 0 amide bonds. The second-order valence-electron chi connectivity index (χ2n) is 7.22. The van der Waals surface area contributed by atoms with Crippen LogP contribution in [0.1, 0.15) is 16.8 Å². The molecule has 3 aromatic rings. The zero-order valence-electron chi connectivity index (χ0n) is 16.1. The smallest absolute Gasteiger partial charge is 0.146 e. The van der Waals surface area contributed by atoms with Crippen molar-refractivity contribution in [3.8, 4) is 0 Å². The van der Waals surface area contributed by atoms with Gasteiger partial charge in [0.25, 0.3) is 0 Å². The van der Waals surface area contributed by atoms with Gasteiger partial charge in [0.2, 0.25) is 0 Å². The lowest BCUT2D eigenvalue weighted by Crippen LogP contribution is -2.39. The number of rotatable bonds is 5. The summed E-state index contributed by atoms with van der Waals surface area (Å²) in [5, 5.41) is 9.72. The molecule has 0 aliphatic carbocycles. The van der Waals surface area contributed by atoms with E-state index in [1.54, 1.807) is 0 Å². The van der Waals surface area contributed by atoms with E-state index in [9.17, 15) is 0 Å². The van der Waals surface area contributed by atoms with E-state index in [0.717, 1.165) is 62.5 Å². The monoisotopic (exact) mass is 365 g/mol. The molecule has 0 radical (unpaired) electrons. The van der Waals surface area contributed by atoms with Crippen LogP contribution in [0, 0.1) is 19.3 Å². The summed E-state index contributed by atoms with van der Waals surface area (Å²) in [5.74, 6) is 0. The van der Waals surface area contributed by atoms with Crippen molar-refractivity contribution in [2.75, 3.05) is 32.8 Å². The van der Waals surface area contributed by atoms with Gasteiger partial charge < -0.3 is 13.9 Å². The molecule has 0 spiro atoms. The van der Waals surface area contributed by atoms with Crippen molar-refractivity contribution in [3.05, 3.63) is 59.0 Å². The number of nitrogens with one attached hydrogen (secondary N) is 1. The first kappa shape index (κ1) is 17.9. The maximum absolute atomic E-state index is 8.75. The maximum Gasteiger partial charge on any atom is 0.146 e. The molecule has 1 N–H and O–H groups in total. The van der Waals surface area contributed by atoms with E-state index in [0.29, 0.717) is 5.49 Å². The molecular formula is C21H27N5O. The van der Waals surface area contributed by atoms with Crippen LogP contribution in [0.15, 0.2) is 36.7 Å². The van der Waals surface area contributed by atoms with Gasteiger partial charge in [-0.25, -0.2) is 4.98 Å². The van der Waals surface area contributed by atoms with Crippen LogP contribution in [-0.2, 0) is 17.8 Å².